The van der Waals surface area contributed by atoms with Gasteiger partial charge in [0.25, 0.3) is 0 Å². The van der Waals surface area contributed by atoms with E-state index in [4.69, 9.17) is 14.6 Å². The van der Waals surface area contributed by atoms with Crippen molar-refractivity contribution >= 4 is 5.97 Å². The van der Waals surface area contributed by atoms with Crippen LogP contribution >= 0.6 is 0 Å². The van der Waals surface area contributed by atoms with Gasteiger partial charge in [-0.2, -0.15) is 0 Å². The summed E-state index contributed by atoms with van der Waals surface area (Å²) >= 11 is 0. The summed E-state index contributed by atoms with van der Waals surface area (Å²) in [7, 11) is 1.69. The van der Waals surface area contributed by atoms with Crippen LogP contribution in [0.4, 0.5) is 0 Å². The zero-order valence-corrected chi connectivity index (χ0v) is 18.8. The Hall–Kier alpha value is -2.49. The average Bonchev–Trinajstić information content (AvgIpc) is 3.67. The van der Waals surface area contributed by atoms with Gasteiger partial charge in [-0.05, 0) is 54.2 Å². The van der Waals surface area contributed by atoms with Crippen LogP contribution in [-0.2, 0) is 11.2 Å². The molecule has 164 valence electrons. The van der Waals surface area contributed by atoms with E-state index in [0.29, 0.717) is 24.9 Å². The Balaban J connectivity index is 0.000000573. The quantitative estimate of drug-likeness (QED) is 0.550. The van der Waals surface area contributed by atoms with Gasteiger partial charge in [0.05, 0.1) is 19.6 Å². The van der Waals surface area contributed by atoms with Gasteiger partial charge < -0.3 is 14.6 Å². The van der Waals surface area contributed by atoms with E-state index in [0.717, 1.165) is 23.5 Å². The largest absolute Gasteiger partial charge is 0.497 e. The van der Waals surface area contributed by atoms with Crippen molar-refractivity contribution in [1.82, 2.24) is 0 Å². The predicted octanol–water partition coefficient (Wildman–Crippen LogP) is 6.34. The van der Waals surface area contributed by atoms with Crippen molar-refractivity contribution in [2.24, 2.45) is 11.8 Å². The highest BCUT2D eigenvalue weighted by Crippen LogP contribution is 2.48. The Bertz CT molecular complexity index is 781. The second kappa shape index (κ2) is 12.3. The summed E-state index contributed by atoms with van der Waals surface area (Å²) < 4.78 is 11.2. The van der Waals surface area contributed by atoms with Crippen LogP contribution in [0, 0.1) is 11.8 Å². The molecule has 0 bridgehead atoms. The molecule has 4 rings (SSSR count). The van der Waals surface area contributed by atoms with Crippen molar-refractivity contribution in [2.75, 3.05) is 13.7 Å². The minimum absolute atomic E-state index is 0.392. The van der Waals surface area contributed by atoms with Gasteiger partial charge in [-0.1, -0.05) is 64.3 Å². The molecule has 4 heteroatoms. The molecular formula is C26H36O4. The van der Waals surface area contributed by atoms with Gasteiger partial charge in [0.15, 0.2) is 0 Å². The normalized spacial score (nSPS) is 19.2. The molecule has 2 saturated carbocycles. The van der Waals surface area contributed by atoms with Crippen LogP contribution in [0.5, 0.6) is 11.5 Å². The number of aliphatic carboxylic acids is 1. The highest BCUT2D eigenvalue weighted by atomic mass is 16.5. The van der Waals surface area contributed by atoms with E-state index in [1.165, 1.54) is 24.8 Å². The third-order valence-electron chi connectivity index (χ3n) is 5.12. The molecule has 4 nitrogen and oxygen atoms in total. The van der Waals surface area contributed by atoms with Crippen LogP contribution in [0.3, 0.4) is 0 Å². The minimum Gasteiger partial charge on any atom is -0.497 e. The lowest BCUT2D eigenvalue weighted by Crippen LogP contribution is -2.12. The molecule has 3 unspecified atom stereocenters. The van der Waals surface area contributed by atoms with Crippen molar-refractivity contribution < 1.29 is 19.4 Å². The lowest BCUT2D eigenvalue weighted by molar-refractivity contribution is -0.141. The fourth-order valence-corrected chi connectivity index (χ4v) is 3.12. The molecule has 0 amide bonds. The minimum atomic E-state index is -0.773. The van der Waals surface area contributed by atoms with Crippen molar-refractivity contribution in [2.45, 2.75) is 58.8 Å². The van der Waals surface area contributed by atoms with Crippen LogP contribution in [0.15, 0.2) is 48.5 Å². The summed E-state index contributed by atoms with van der Waals surface area (Å²) in [6.07, 6.45) is 6.14. The molecule has 2 aliphatic carbocycles. The summed E-state index contributed by atoms with van der Waals surface area (Å²) in [5, 5.41) is 9.03. The topological polar surface area (TPSA) is 55.8 Å². The number of carbonyl (C=O) groups is 1. The van der Waals surface area contributed by atoms with Crippen molar-refractivity contribution in [3.8, 4) is 11.5 Å². The molecule has 0 aromatic heterocycles. The first kappa shape index (κ1) is 23.8. The van der Waals surface area contributed by atoms with Crippen LogP contribution in [0.2, 0.25) is 0 Å². The first-order chi connectivity index (χ1) is 14.6. The summed E-state index contributed by atoms with van der Waals surface area (Å²) in [6, 6.07) is 16.0. The van der Waals surface area contributed by atoms with E-state index in [9.17, 15) is 4.79 Å². The standard InChI is InChI=1S/C21H24O4.C3H6.C2H6/c1-14(21(22)23)9-15-5-3-8-19(10-15)25-13-17-12-20(17)16-6-4-7-18(11-16)24-2;1-2-3-1;1-2/h3-8,10-11,14,17,20H,9,12-13H2,1-2H3,(H,22,23);1-3H2;1-2H3. The molecule has 1 N–H and O–H groups in total. The second-order valence-electron chi connectivity index (χ2n) is 7.84. The predicted molar refractivity (Wildman–Crippen MR) is 121 cm³/mol. The molecule has 2 aromatic carbocycles. The summed E-state index contributed by atoms with van der Waals surface area (Å²) in [5.41, 5.74) is 2.30. The highest BCUT2D eigenvalue weighted by molar-refractivity contribution is 5.69. The second-order valence-corrected chi connectivity index (χ2v) is 7.84. The van der Waals surface area contributed by atoms with E-state index in [2.05, 4.69) is 12.1 Å². The number of benzene rings is 2. The van der Waals surface area contributed by atoms with E-state index >= 15 is 0 Å². The van der Waals surface area contributed by atoms with Crippen LogP contribution < -0.4 is 9.47 Å². The zero-order chi connectivity index (χ0) is 21.9. The van der Waals surface area contributed by atoms with Crippen molar-refractivity contribution in [3.05, 3.63) is 59.7 Å². The van der Waals surface area contributed by atoms with Crippen LogP contribution in [-0.4, -0.2) is 24.8 Å². The summed E-state index contributed by atoms with van der Waals surface area (Å²) in [5.74, 6) is 1.59. The summed E-state index contributed by atoms with van der Waals surface area (Å²) in [4.78, 5) is 11.0. The van der Waals surface area contributed by atoms with Gasteiger partial charge in [-0.25, -0.2) is 0 Å². The monoisotopic (exact) mass is 412 g/mol. The molecule has 0 radical (unpaired) electrons. The molecule has 2 aromatic rings. The number of rotatable bonds is 8. The summed E-state index contributed by atoms with van der Waals surface area (Å²) in [6.45, 7) is 6.40. The van der Waals surface area contributed by atoms with E-state index in [-0.39, 0.29) is 0 Å². The fraction of sp³-hybridized carbons (Fsp3) is 0.500. The first-order valence-electron chi connectivity index (χ1n) is 11.2. The lowest BCUT2D eigenvalue weighted by atomic mass is 10.0. The molecule has 2 fully saturated rings. The van der Waals surface area contributed by atoms with E-state index < -0.39 is 11.9 Å². The number of hydrogen-bond acceptors (Lipinski definition) is 3. The van der Waals surface area contributed by atoms with Gasteiger partial charge in [0, 0.05) is 5.92 Å². The van der Waals surface area contributed by atoms with Crippen molar-refractivity contribution in [3.63, 3.8) is 0 Å². The van der Waals surface area contributed by atoms with Gasteiger partial charge >= 0.3 is 5.97 Å². The molecular weight excluding hydrogens is 376 g/mol. The molecule has 0 aliphatic heterocycles. The fourth-order valence-electron chi connectivity index (χ4n) is 3.12. The SMILES string of the molecule is C1CC1.CC.COc1cccc(C2CC2COc2cccc(CC(C)C(=O)O)c2)c1. The molecule has 0 heterocycles. The number of carboxylic acids is 1. The Morgan fingerprint density at radius 1 is 1.07 bits per heavy atom. The molecule has 0 saturated heterocycles. The first-order valence-corrected chi connectivity index (χ1v) is 11.2. The Labute approximate surface area is 181 Å². The highest BCUT2D eigenvalue weighted by Gasteiger charge is 2.39. The molecule has 2 aliphatic rings. The number of carboxylic acid groups (broad SMARTS) is 1. The number of methoxy groups -OCH3 is 1. The molecule has 0 spiro atoms. The maximum Gasteiger partial charge on any atom is 0.306 e. The molecule has 3 atom stereocenters. The Morgan fingerprint density at radius 3 is 2.37 bits per heavy atom. The lowest BCUT2D eigenvalue weighted by Gasteiger charge is -2.10. The van der Waals surface area contributed by atoms with Crippen LogP contribution in [0.25, 0.3) is 0 Å². The van der Waals surface area contributed by atoms with E-state index in [1.54, 1.807) is 14.0 Å². The Morgan fingerprint density at radius 2 is 1.73 bits per heavy atom. The van der Waals surface area contributed by atoms with E-state index in [1.807, 2.05) is 50.2 Å². The number of hydrogen-bond donors (Lipinski definition) is 1. The van der Waals surface area contributed by atoms with Gasteiger partial charge in [0.1, 0.15) is 11.5 Å². The third-order valence-corrected chi connectivity index (χ3v) is 5.12. The molecule has 30 heavy (non-hydrogen) atoms. The van der Waals surface area contributed by atoms with Gasteiger partial charge in [-0.15, -0.1) is 0 Å². The average molecular weight is 413 g/mol. The van der Waals surface area contributed by atoms with Gasteiger partial charge in [-0.3, -0.25) is 4.79 Å². The zero-order valence-electron chi connectivity index (χ0n) is 18.8. The maximum absolute atomic E-state index is 11.0. The van der Waals surface area contributed by atoms with Crippen LogP contribution in [0.1, 0.15) is 63.5 Å². The Kier molecular flexibility index (Phi) is 9.72. The van der Waals surface area contributed by atoms with Crippen molar-refractivity contribution in [1.29, 1.82) is 0 Å². The smallest absolute Gasteiger partial charge is 0.306 e. The van der Waals surface area contributed by atoms with Gasteiger partial charge in [0.2, 0.25) is 0 Å². The maximum atomic E-state index is 11.0. The number of ether oxygens (including phenoxy) is 2. The third kappa shape index (κ3) is 8.10.